The number of nitrogen functional groups attached to an aromatic ring is 1. The Kier molecular flexibility index (Phi) is 5.59. The molecule has 1 heterocycles. The van der Waals surface area contributed by atoms with Crippen LogP contribution in [0.3, 0.4) is 0 Å². The van der Waals surface area contributed by atoms with Crippen molar-refractivity contribution in [1.29, 1.82) is 0 Å². The van der Waals surface area contributed by atoms with Gasteiger partial charge in [-0.05, 0) is 51.3 Å². The van der Waals surface area contributed by atoms with Gasteiger partial charge in [0.2, 0.25) is 0 Å². The fourth-order valence-corrected chi connectivity index (χ4v) is 3.48. The van der Waals surface area contributed by atoms with Crippen LogP contribution in [0.25, 0.3) is 0 Å². The highest BCUT2D eigenvalue weighted by atomic mass is 16.5. The summed E-state index contributed by atoms with van der Waals surface area (Å²) in [7, 11) is 0. The van der Waals surface area contributed by atoms with E-state index >= 15 is 0 Å². The van der Waals surface area contributed by atoms with Gasteiger partial charge in [-0.25, -0.2) is 4.98 Å². The van der Waals surface area contributed by atoms with Gasteiger partial charge < -0.3 is 15.8 Å². The number of hydrogen-bond donors (Lipinski definition) is 2. The summed E-state index contributed by atoms with van der Waals surface area (Å²) in [5.74, 6) is 0.625. The third-order valence-corrected chi connectivity index (χ3v) is 4.40. The predicted octanol–water partition coefficient (Wildman–Crippen LogP) is 3.36. The molecule has 4 heteroatoms. The van der Waals surface area contributed by atoms with E-state index in [1.807, 2.05) is 6.20 Å². The van der Waals surface area contributed by atoms with Gasteiger partial charge in [-0.1, -0.05) is 19.8 Å². The second-order valence-electron chi connectivity index (χ2n) is 6.08. The second kappa shape index (κ2) is 7.23. The van der Waals surface area contributed by atoms with Crippen molar-refractivity contribution >= 4 is 5.82 Å². The molecule has 2 rings (SSSR count). The number of aryl methyl sites for hydroxylation is 1. The van der Waals surface area contributed by atoms with E-state index < -0.39 is 0 Å². The van der Waals surface area contributed by atoms with Crippen molar-refractivity contribution in [2.75, 3.05) is 18.9 Å². The Balaban J connectivity index is 2.38. The van der Waals surface area contributed by atoms with E-state index in [4.69, 9.17) is 10.5 Å². The summed E-state index contributed by atoms with van der Waals surface area (Å²) < 4.78 is 6.25. The van der Waals surface area contributed by atoms with Crippen molar-refractivity contribution < 1.29 is 4.74 Å². The summed E-state index contributed by atoms with van der Waals surface area (Å²) in [5, 5.41) is 3.68. The number of nitrogens with two attached hydrogens (primary N) is 1. The lowest BCUT2D eigenvalue weighted by molar-refractivity contribution is -0.0625. The molecule has 0 amide bonds. The van der Waals surface area contributed by atoms with E-state index in [0.29, 0.717) is 5.82 Å². The lowest BCUT2D eigenvalue weighted by Crippen LogP contribution is -2.45. The van der Waals surface area contributed by atoms with Crippen molar-refractivity contribution in [1.82, 2.24) is 10.3 Å². The molecule has 4 nitrogen and oxygen atoms in total. The van der Waals surface area contributed by atoms with Gasteiger partial charge in [0, 0.05) is 18.4 Å². The maximum Gasteiger partial charge on any atom is 0.128 e. The van der Waals surface area contributed by atoms with E-state index in [1.54, 1.807) is 0 Å². The third-order valence-electron chi connectivity index (χ3n) is 4.40. The van der Waals surface area contributed by atoms with E-state index in [-0.39, 0.29) is 11.6 Å². The molecule has 0 spiro atoms. The summed E-state index contributed by atoms with van der Waals surface area (Å²) >= 11 is 0. The van der Waals surface area contributed by atoms with Gasteiger partial charge in [0.15, 0.2) is 0 Å². The van der Waals surface area contributed by atoms with Gasteiger partial charge in [0.1, 0.15) is 5.82 Å². The van der Waals surface area contributed by atoms with E-state index in [0.717, 1.165) is 43.5 Å². The van der Waals surface area contributed by atoms with Crippen LogP contribution in [0, 0.1) is 6.92 Å². The average molecular weight is 291 g/mol. The molecule has 1 saturated carbocycles. The summed E-state index contributed by atoms with van der Waals surface area (Å²) in [6, 6.07) is 2.29. The van der Waals surface area contributed by atoms with E-state index in [2.05, 4.69) is 37.1 Å². The minimum atomic E-state index is -0.131. The number of aromatic nitrogens is 1. The maximum atomic E-state index is 6.25. The largest absolute Gasteiger partial charge is 0.383 e. The predicted molar refractivity (Wildman–Crippen MR) is 87.2 cm³/mol. The van der Waals surface area contributed by atoms with Gasteiger partial charge in [-0.2, -0.15) is 0 Å². The highest BCUT2D eigenvalue weighted by molar-refractivity contribution is 5.44. The lowest BCUT2D eigenvalue weighted by atomic mass is 9.86. The summed E-state index contributed by atoms with van der Waals surface area (Å²) in [4.78, 5) is 4.35. The smallest absolute Gasteiger partial charge is 0.128 e. The van der Waals surface area contributed by atoms with Crippen molar-refractivity contribution in [2.24, 2.45) is 0 Å². The molecule has 0 radical (unpaired) electrons. The van der Waals surface area contributed by atoms with Gasteiger partial charge in [-0.3, -0.25) is 0 Å². The Morgan fingerprint density at radius 1 is 1.38 bits per heavy atom. The molecule has 1 aliphatic carbocycles. The van der Waals surface area contributed by atoms with Crippen LogP contribution < -0.4 is 11.1 Å². The molecule has 0 aromatic carbocycles. The SMILES string of the molecule is CCCNC(c1cc(C)cnc1N)C1(OCC)CCCC1. The second-order valence-corrected chi connectivity index (χ2v) is 6.08. The Morgan fingerprint density at radius 3 is 2.71 bits per heavy atom. The maximum absolute atomic E-state index is 6.25. The lowest BCUT2D eigenvalue weighted by Gasteiger charge is -2.38. The van der Waals surface area contributed by atoms with Crippen LogP contribution in [-0.2, 0) is 4.74 Å². The quantitative estimate of drug-likeness (QED) is 0.808. The molecule has 1 fully saturated rings. The van der Waals surface area contributed by atoms with Gasteiger partial charge in [0.25, 0.3) is 0 Å². The molecular weight excluding hydrogens is 262 g/mol. The van der Waals surface area contributed by atoms with Gasteiger partial charge in [0.05, 0.1) is 11.6 Å². The molecular formula is C17H29N3O. The molecule has 1 aliphatic rings. The molecule has 118 valence electrons. The van der Waals surface area contributed by atoms with Gasteiger partial charge in [-0.15, -0.1) is 0 Å². The Bertz CT molecular complexity index is 455. The van der Waals surface area contributed by atoms with Crippen LogP contribution in [0.2, 0.25) is 0 Å². The first-order valence-electron chi connectivity index (χ1n) is 8.22. The summed E-state index contributed by atoms with van der Waals surface area (Å²) in [6.45, 7) is 8.03. The molecule has 1 aromatic heterocycles. The number of anilines is 1. The van der Waals surface area contributed by atoms with Crippen LogP contribution in [0.15, 0.2) is 12.3 Å². The minimum absolute atomic E-state index is 0.131. The van der Waals surface area contributed by atoms with Crippen molar-refractivity contribution in [2.45, 2.75) is 64.5 Å². The first kappa shape index (κ1) is 16.2. The van der Waals surface area contributed by atoms with Crippen LogP contribution >= 0.6 is 0 Å². The van der Waals surface area contributed by atoms with Crippen molar-refractivity contribution in [3.8, 4) is 0 Å². The summed E-state index contributed by atoms with van der Waals surface area (Å²) in [5.41, 5.74) is 8.29. The topological polar surface area (TPSA) is 60.2 Å². The molecule has 0 bridgehead atoms. The Labute approximate surface area is 128 Å². The standard InChI is InChI=1S/C17H29N3O/c1-4-10-19-15(14-11-13(3)12-20-16(14)18)17(21-5-2)8-6-7-9-17/h11-12,15,19H,4-10H2,1-3H3,(H2,18,20). The highest BCUT2D eigenvalue weighted by Gasteiger charge is 2.43. The normalized spacial score (nSPS) is 18.8. The number of pyridine rings is 1. The number of nitrogens with one attached hydrogen (secondary N) is 1. The molecule has 1 unspecified atom stereocenters. The van der Waals surface area contributed by atoms with Crippen LogP contribution in [-0.4, -0.2) is 23.7 Å². The van der Waals surface area contributed by atoms with Crippen molar-refractivity contribution in [3.63, 3.8) is 0 Å². The fraction of sp³-hybridized carbons (Fsp3) is 0.706. The summed E-state index contributed by atoms with van der Waals surface area (Å²) in [6.07, 6.45) is 7.56. The van der Waals surface area contributed by atoms with E-state index in [9.17, 15) is 0 Å². The number of rotatable bonds is 7. The molecule has 1 aromatic rings. The third kappa shape index (κ3) is 3.55. The van der Waals surface area contributed by atoms with Crippen LogP contribution in [0.4, 0.5) is 5.82 Å². The fourth-order valence-electron chi connectivity index (χ4n) is 3.48. The van der Waals surface area contributed by atoms with Crippen molar-refractivity contribution in [3.05, 3.63) is 23.4 Å². The molecule has 0 aliphatic heterocycles. The molecule has 21 heavy (non-hydrogen) atoms. The zero-order chi connectivity index (χ0) is 15.3. The first-order valence-corrected chi connectivity index (χ1v) is 8.22. The Hall–Kier alpha value is -1.13. The number of nitrogens with zero attached hydrogens (tertiary/aromatic N) is 1. The Morgan fingerprint density at radius 2 is 2.10 bits per heavy atom. The zero-order valence-electron chi connectivity index (χ0n) is 13.6. The average Bonchev–Trinajstić information content (AvgIpc) is 2.93. The minimum Gasteiger partial charge on any atom is -0.383 e. The molecule has 1 atom stereocenters. The molecule has 0 saturated heterocycles. The monoisotopic (exact) mass is 291 g/mol. The first-order chi connectivity index (χ1) is 10.1. The van der Waals surface area contributed by atoms with E-state index in [1.165, 1.54) is 12.8 Å². The highest BCUT2D eigenvalue weighted by Crippen LogP contribution is 2.44. The number of hydrogen-bond acceptors (Lipinski definition) is 4. The van der Waals surface area contributed by atoms with Crippen LogP contribution in [0.1, 0.15) is 63.1 Å². The number of ether oxygens (including phenoxy) is 1. The van der Waals surface area contributed by atoms with Gasteiger partial charge >= 0.3 is 0 Å². The van der Waals surface area contributed by atoms with Crippen LogP contribution in [0.5, 0.6) is 0 Å². The zero-order valence-corrected chi connectivity index (χ0v) is 13.6. The molecule has 3 N–H and O–H groups in total.